The van der Waals surface area contributed by atoms with Crippen molar-refractivity contribution in [2.45, 2.75) is 43.8 Å². The SMILES string of the molecule is Cc1cccc2c1OC1(O)CCCCC21CO. The Morgan fingerprint density at radius 2 is 2.06 bits per heavy atom. The van der Waals surface area contributed by atoms with Crippen LogP contribution in [-0.4, -0.2) is 22.6 Å². The zero-order valence-corrected chi connectivity index (χ0v) is 10.1. The molecular weight excluding hydrogens is 216 g/mol. The van der Waals surface area contributed by atoms with E-state index in [-0.39, 0.29) is 6.61 Å². The summed E-state index contributed by atoms with van der Waals surface area (Å²) in [4.78, 5) is 0. The molecule has 0 aromatic heterocycles. The second-order valence-corrected chi connectivity index (χ2v) is 5.29. The summed E-state index contributed by atoms with van der Waals surface area (Å²) in [6.07, 6.45) is 3.36. The minimum atomic E-state index is -1.21. The van der Waals surface area contributed by atoms with Gasteiger partial charge in [-0.1, -0.05) is 24.6 Å². The average Bonchev–Trinajstić information content (AvgIpc) is 2.60. The summed E-state index contributed by atoms with van der Waals surface area (Å²) < 4.78 is 5.82. The van der Waals surface area contributed by atoms with Gasteiger partial charge in [0.2, 0.25) is 5.79 Å². The third-order valence-electron chi connectivity index (χ3n) is 4.39. The Morgan fingerprint density at radius 1 is 1.29 bits per heavy atom. The van der Waals surface area contributed by atoms with Crippen molar-refractivity contribution >= 4 is 0 Å². The van der Waals surface area contributed by atoms with Crippen LogP contribution in [0.3, 0.4) is 0 Å². The van der Waals surface area contributed by atoms with E-state index in [4.69, 9.17) is 4.74 Å². The molecule has 1 aliphatic carbocycles. The van der Waals surface area contributed by atoms with Crippen molar-refractivity contribution in [3.05, 3.63) is 29.3 Å². The summed E-state index contributed by atoms with van der Waals surface area (Å²) in [5.74, 6) is -0.444. The number of fused-ring (bicyclic) bond motifs is 3. The Hall–Kier alpha value is -1.06. The highest BCUT2D eigenvalue weighted by atomic mass is 16.6. The van der Waals surface area contributed by atoms with Crippen molar-refractivity contribution in [1.29, 1.82) is 0 Å². The highest BCUT2D eigenvalue weighted by Crippen LogP contribution is 2.55. The van der Waals surface area contributed by atoms with Gasteiger partial charge in [-0.2, -0.15) is 0 Å². The van der Waals surface area contributed by atoms with Crippen LogP contribution in [0.5, 0.6) is 5.75 Å². The van der Waals surface area contributed by atoms with E-state index in [1.807, 2.05) is 25.1 Å². The molecule has 0 radical (unpaired) electrons. The second-order valence-electron chi connectivity index (χ2n) is 5.29. The van der Waals surface area contributed by atoms with Gasteiger partial charge in [0.15, 0.2) is 0 Å². The lowest BCUT2D eigenvalue weighted by Gasteiger charge is -2.43. The van der Waals surface area contributed by atoms with Crippen molar-refractivity contribution in [2.75, 3.05) is 6.61 Å². The van der Waals surface area contributed by atoms with Crippen LogP contribution in [0.1, 0.15) is 36.8 Å². The summed E-state index contributed by atoms with van der Waals surface area (Å²) in [5.41, 5.74) is 1.38. The van der Waals surface area contributed by atoms with E-state index in [2.05, 4.69) is 0 Å². The van der Waals surface area contributed by atoms with Gasteiger partial charge in [-0.3, -0.25) is 0 Å². The maximum absolute atomic E-state index is 10.7. The first-order valence-corrected chi connectivity index (χ1v) is 6.25. The number of para-hydroxylation sites is 1. The molecule has 1 aromatic rings. The lowest BCUT2D eigenvalue weighted by Crippen LogP contribution is -2.55. The Labute approximate surface area is 101 Å². The number of hydrogen-bond donors (Lipinski definition) is 2. The number of aliphatic hydroxyl groups is 2. The van der Waals surface area contributed by atoms with Crippen LogP contribution in [0.25, 0.3) is 0 Å². The molecule has 2 atom stereocenters. The largest absolute Gasteiger partial charge is 0.461 e. The number of rotatable bonds is 1. The van der Waals surface area contributed by atoms with Crippen LogP contribution in [0, 0.1) is 6.92 Å². The fourth-order valence-corrected chi connectivity index (χ4v) is 3.34. The molecule has 1 heterocycles. The Bertz CT molecular complexity index is 457. The van der Waals surface area contributed by atoms with Crippen LogP contribution >= 0.6 is 0 Å². The van der Waals surface area contributed by atoms with Crippen LogP contribution in [0.15, 0.2) is 18.2 Å². The quantitative estimate of drug-likeness (QED) is 0.780. The van der Waals surface area contributed by atoms with Gasteiger partial charge >= 0.3 is 0 Å². The lowest BCUT2D eigenvalue weighted by atomic mass is 9.67. The van der Waals surface area contributed by atoms with Crippen molar-refractivity contribution in [1.82, 2.24) is 0 Å². The van der Waals surface area contributed by atoms with Gasteiger partial charge in [0, 0.05) is 12.0 Å². The topological polar surface area (TPSA) is 49.7 Å². The Kier molecular flexibility index (Phi) is 2.25. The van der Waals surface area contributed by atoms with Crippen LogP contribution in [0.2, 0.25) is 0 Å². The molecule has 3 nitrogen and oxygen atoms in total. The summed E-state index contributed by atoms with van der Waals surface area (Å²) >= 11 is 0. The van der Waals surface area contributed by atoms with Gasteiger partial charge in [0.25, 0.3) is 0 Å². The Balaban J connectivity index is 2.21. The normalized spacial score (nSPS) is 35.0. The minimum Gasteiger partial charge on any atom is -0.461 e. The molecule has 0 saturated heterocycles. The van der Waals surface area contributed by atoms with E-state index in [1.165, 1.54) is 0 Å². The van der Waals surface area contributed by atoms with E-state index in [0.29, 0.717) is 6.42 Å². The van der Waals surface area contributed by atoms with Crippen molar-refractivity contribution in [3.8, 4) is 5.75 Å². The minimum absolute atomic E-state index is 0.0556. The van der Waals surface area contributed by atoms with Crippen LogP contribution < -0.4 is 4.74 Å². The number of hydrogen-bond acceptors (Lipinski definition) is 3. The zero-order valence-electron chi connectivity index (χ0n) is 10.1. The van der Waals surface area contributed by atoms with Crippen molar-refractivity contribution in [3.63, 3.8) is 0 Å². The highest BCUT2D eigenvalue weighted by Gasteiger charge is 2.60. The summed E-state index contributed by atoms with van der Waals surface area (Å²) in [7, 11) is 0. The zero-order chi connectivity index (χ0) is 12.1. The molecule has 1 saturated carbocycles. The fourth-order valence-electron chi connectivity index (χ4n) is 3.34. The second kappa shape index (κ2) is 3.47. The smallest absolute Gasteiger partial charge is 0.220 e. The first kappa shape index (κ1) is 11.1. The van der Waals surface area contributed by atoms with Crippen molar-refractivity contribution in [2.24, 2.45) is 0 Å². The number of ether oxygens (including phenoxy) is 1. The molecule has 3 heteroatoms. The number of aliphatic hydroxyl groups excluding tert-OH is 1. The molecular formula is C14H18O3. The van der Waals surface area contributed by atoms with E-state index in [9.17, 15) is 10.2 Å². The summed E-state index contributed by atoms with van der Waals surface area (Å²) in [6.45, 7) is 1.92. The molecule has 1 aliphatic heterocycles. The third-order valence-corrected chi connectivity index (χ3v) is 4.39. The molecule has 92 valence electrons. The summed E-state index contributed by atoms with van der Waals surface area (Å²) in [6, 6.07) is 5.92. The highest BCUT2D eigenvalue weighted by molar-refractivity contribution is 5.51. The first-order valence-electron chi connectivity index (χ1n) is 6.25. The van der Waals surface area contributed by atoms with Gasteiger partial charge in [-0.05, 0) is 25.3 Å². The van der Waals surface area contributed by atoms with E-state index >= 15 is 0 Å². The van der Waals surface area contributed by atoms with E-state index in [0.717, 1.165) is 36.1 Å². The molecule has 1 aromatic carbocycles. The molecule has 2 aliphatic rings. The molecule has 0 bridgehead atoms. The maximum Gasteiger partial charge on any atom is 0.220 e. The van der Waals surface area contributed by atoms with Gasteiger partial charge in [0.1, 0.15) is 5.75 Å². The molecule has 3 rings (SSSR count). The predicted molar refractivity (Wildman–Crippen MR) is 64.0 cm³/mol. The number of aryl methyl sites for hydroxylation is 1. The summed E-state index contributed by atoms with van der Waals surface area (Å²) in [5, 5.41) is 20.5. The van der Waals surface area contributed by atoms with Crippen LogP contribution in [0.4, 0.5) is 0 Å². The monoisotopic (exact) mass is 234 g/mol. The first-order chi connectivity index (χ1) is 8.13. The predicted octanol–water partition coefficient (Wildman–Crippen LogP) is 1.88. The lowest BCUT2D eigenvalue weighted by molar-refractivity contribution is -0.201. The fraction of sp³-hybridized carbons (Fsp3) is 0.571. The standard InChI is InChI=1S/C14H18O3/c1-10-5-4-6-11-12(10)17-14(16)8-3-2-7-13(11,14)9-15/h4-6,15-16H,2-3,7-9H2,1H3. The molecule has 0 spiro atoms. The maximum atomic E-state index is 10.7. The Morgan fingerprint density at radius 3 is 2.82 bits per heavy atom. The molecule has 0 amide bonds. The average molecular weight is 234 g/mol. The van der Waals surface area contributed by atoms with E-state index in [1.54, 1.807) is 0 Å². The van der Waals surface area contributed by atoms with Crippen LogP contribution in [-0.2, 0) is 5.41 Å². The van der Waals surface area contributed by atoms with Crippen molar-refractivity contribution < 1.29 is 14.9 Å². The van der Waals surface area contributed by atoms with E-state index < -0.39 is 11.2 Å². The number of benzene rings is 1. The van der Waals surface area contributed by atoms with Gasteiger partial charge < -0.3 is 14.9 Å². The molecule has 1 fully saturated rings. The van der Waals surface area contributed by atoms with Gasteiger partial charge in [-0.15, -0.1) is 0 Å². The van der Waals surface area contributed by atoms with Gasteiger partial charge in [-0.25, -0.2) is 0 Å². The molecule has 17 heavy (non-hydrogen) atoms. The molecule has 2 unspecified atom stereocenters. The van der Waals surface area contributed by atoms with Gasteiger partial charge in [0.05, 0.1) is 12.0 Å². The third kappa shape index (κ3) is 1.24. The molecule has 2 N–H and O–H groups in total.